The van der Waals surface area contributed by atoms with Crippen molar-refractivity contribution >= 4 is 23.2 Å². The van der Waals surface area contributed by atoms with Crippen LogP contribution in [0.2, 0.25) is 10.3 Å². The molecule has 0 saturated carbocycles. The summed E-state index contributed by atoms with van der Waals surface area (Å²) in [6, 6.07) is 5.68. The van der Waals surface area contributed by atoms with Crippen LogP contribution in [0.25, 0.3) is 0 Å². The van der Waals surface area contributed by atoms with E-state index < -0.39 is 0 Å². The van der Waals surface area contributed by atoms with Crippen molar-refractivity contribution in [3.05, 3.63) is 51.8 Å². The van der Waals surface area contributed by atoms with Gasteiger partial charge in [0.05, 0.1) is 6.42 Å². The normalized spacial score (nSPS) is 10.4. The summed E-state index contributed by atoms with van der Waals surface area (Å²) in [5.41, 5.74) is 1.59. The number of halogens is 2. The Morgan fingerprint density at radius 1 is 1.12 bits per heavy atom. The van der Waals surface area contributed by atoms with Gasteiger partial charge in [0.1, 0.15) is 16.1 Å². The third-order valence-corrected chi connectivity index (χ3v) is 2.87. The van der Waals surface area contributed by atoms with Gasteiger partial charge in [-0.1, -0.05) is 29.3 Å². The molecule has 2 heterocycles. The summed E-state index contributed by atoms with van der Waals surface area (Å²) in [5.74, 6) is 0.583. The lowest BCUT2D eigenvalue weighted by molar-refractivity contribution is 0.927. The van der Waals surface area contributed by atoms with Crippen LogP contribution in [-0.2, 0) is 6.42 Å². The molecule has 2 aromatic rings. The zero-order valence-corrected chi connectivity index (χ0v) is 10.1. The minimum absolute atomic E-state index is 0.394. The highest BCUT2D eigenvalue weighted by Crippen LogP contribution is 2.20. The van der Waals surface area contributed by atoms with E-state index in [1.54, 1.807) is 13.1 Å². The van der Waals surface area contributed by atoms with Gasteiger partial charge < -0.3 is 0 Å². The Balaban J connectivity index is 2.29. The molecule has 2 rings (SSSR count). The largest absolute Gasteiger partial charge is 0.261 e. The predicted octanol–water partition coefficient (Wildman–Crippen LogP) is 3.08. The molecular weight excluding hydrogens is 245 g/mol. The highest BCUT2D eigenvalue weighted by Gasteiger charge is 2.08. The Labute approximate surface area is 103 Å². The van der Waals surface area contributed by atoms with Gasteiger partial charge >= 0.3 is 0 Å². The molecule has 0 aliphatic heterocycles. The van der Waals surface area contributed by atoms with E-state index in [1.165, 1.54) is 0 Å². The second kappa shape index (κ2) is 4.76. The van der Waals surface area contributed by atoms with E-state index in [0.717, 1.165) is 5.69 Å². The van der Waals surface area contributed by atoms with Crippen LogP contribution >= 0.6 is 23.2 Å². The van der Waals surface area contributed by atoms with Gasteiger partial charge in [-0.15, -0.1) is 0 Å². The smallest absolute Gasteiger partial charge is 0.137 e. The molecule has 0 aliphatic rings. The summed E-state index contributed by atoms with van der Waals surface area (Å²) in [7, 11) is 0. The lowest BCUT2D eigenvalue weighted by atomic mass is 10.2. The zero-order valence-electron chi connectivity index (χ0n) is 8.61. The number of nitrogens with zero attached hydrogens (tertiary/aromatic N) is 3. The monoisotopic (exact) mass is 253 g/mol. The zero-order chi connectivity index (χ0) is 11.5. The van der Waals surface area contributed by atoms with E-state index in [0.29, 0.717) is 28.1 Å². The van der Waals surface area contributed by atoms with Crippen molar-refractivity contribution in [3.63, 3.8) is 0 Å². The van der Waals surface area contributed by atoms with Gasteiger partial charge in [-0.25, -0.2) is 9.97 Å². The highest BCUT2D eigenvalue weighted by atomic mass is 35.5. The first-order valence-corrected chi connectivity index (χ1v) is 5.51. The molecule has 0 unspecified atom stereocenters. The third-order valence-electron chi connectivity index (χ3n) is 2.14. The Hall–Kier alpha value is -1.19. The standard InChI is InChI=1S/C11H9Cl2N3/c1-7-10(12)15-9(16-11(7)13)6-8-4-2-3-5-14-8/h2-5H,6H2,1H3. The van der Waals surface area contributed by atoms with E-state index in [1.807, 2.05) is 18.2 Å². The fourth-order valence-corrected chi connectivity index (χ4v) is 1.67. The summed E-state index contributed by atoms with van der Waals surface area (Å²) in [6.07, 6.45) is 2.26. The number of hydrogen-bond acceptors (Lipinski definition) is 3. The molecule has 0 saturated heterocycles. The van der Waals surface area contributed by atoms with Gasteiger partial charge in [-0.2, -0.15) is 0 Å². The summed E-state index contributed by atoms with van der Waals surface area (Å²) >= 11 is 11.9. The topological polar surface area (TPSA) is 38.7 Å². The highest BCUT2D eigenvalue weighted by molar-refractivity contribution is 6.34. The second-order valence-electron chi connectivity index (χ2n) is 3.34. The Morgan fingerprint density at radius 3 is 2.38 bits per heavy atom. The minimum Gasteiger partial charge on any atom is -0.261 e. The fraction of sp³-hybridized carbons (Fsp3) is 0.182. The van der Waals surface area contributed by atoms with Crippen molar-refractivity contribution in [3.8, 4) is 0 Å². The molecule has 0 aromatic carbocycles. The number of rotatable bonds is 2. The van der Waals surface area contributed by atoms with Crippen LogP contribution in [0.15, 0.2) is 24.4 Å². The van der Waals surface area contributed by atoms with Gasteiger partial charge in [0.15, 0.2) is 0 Å². The van der Waals surface area contributed by atoms with E-state index >= 15 is 0 Å². The molecule has 0 aliphatic carbocycles. The summed E-state index contributed by atoms with van der Waals surface area (Å²) in [4.78, 5) is 12.5. The van der Waals surface area contributed by atoms with E-state index in [9.17, 15) is 0 Å². The Kier molecular flexibility index (Phi) is 3.36. The van der Waals surface area contributed by atoms with Crippen LogP contribution in [0.5, 0.6) is 0 Å². The van der Waals surface area contributed by atoms with E-state index in [4.69, 9.17) is 23.2 Å². The van der Waals surface area contributed by atoms with Crippen molar-refractivity contribution < 1.29 is 0 Å². The predicted molar refractivity (Wildman–Crippen MR) is 63.8 cm³/mol. The maximum atomic E-state index is 5.93. The van der Waals surface area contributed by atoms with Crippen molar-refractivity contribution in [2.24, 2.45) is 0 Å². The summed E-state index contributed by atoms with van der Waals surface area (Å²) < 4.78 is 0. The van der Waals surface area contributed by atoms with Gasteiger partial charge in [0, 0.05) is 17.5 Å². The number of pyridine rings is 1. The molecule has 2 aromatic heterocycles. The second-order valence-corrected chi connectivity index (χ2v) is 4.06. The van der Waals surface area contributed by atoms with Crippen LogP contribution < -0.4 is 0 Å². The summed E-state index contributed by atoms with van der Waals surface area (Å²) in [6.45, 7) is 1.79. The van der Waals surface area contributed by atoms with Gasteiger partial charge in [0.2, 0.25) is 0 Å². The molecule has 3 nitrogen and oxygen atoms in total. The first kappa shape index (κ1) is 11.3. The van der Waals surface area contributed by atoms with Crippen molar-refractivity contribution in [1.82, 2.24) is 15.0 Å². The lowest BCUT2D eigenvalue weighted by Gasteiger charge is -2.04. The molecule has 0 bridgehead atoms. The molecule has 0 fully saturated rings. The molecule has 16 heavy (non-hydrogen) atoms. The molecule has 82 valence electrons. The van der Waals surface area contributed by atoms with E-state index in [2.05, 4.69) is 15.0 Å². The van der Waals surface area contributed by atoms with Crippen LogP contribution in [0.1, 0.15) is 17.1 Å². The average molecular weight is 254 g/mol. The average Bonchev–Trinajstić information content (AvgIpc) is 2.27. The van der Waals surface area contributed by atoms with Crippen molar-refractivity contribution in [2.45, 2.75) is 13.3 Å². The number of hydrogen-bond donors (Lipinski definition) is 0. The van der Waals surface area contributed by atoms with Gasteiger partial charge in [0.25, 0.3) is 0 Å². The maximum Gasteiger partial charge on any atom is 0.137 e. The quantitative estimate of drug-likeness (QED) is 0.773. The molecule has 0 amide bonds. The molecule has 5 heteroatoms. The minimum atomic E-state index is 0.394. The molecule has 0 spiro atoms. The molecular formula is C11H9Cl2N3. The van der Waals surface area contributed by atoms with Crippen molar-refractivity contribution in [1.29, 1.82) is 0 Å². The van der Waals surface area contributed by atoms with Gasteiger partial charge in [-0.3, -0.25) is 4.98 Å². The first-order valence-electron chi connectivity index (χ1n) is 4.75. The van der Waals surface area contributed by atoms with E-state index in [-0.39, 0.29) is 0 Å². The summed E-state index contributed by atoms with van der Waals surface area (Å²) in [5, 5.41) is 0.789. The van der Waals surface area contributed by atoms with Gasteiger partial charge in [-0.05, 0) is 19.1 Å². The fourth-order valence-electron chi connectivity index (χ4n) is 1.25. The Bertz CT molecular complexity index is 477. The van der Waals surface area contributed by atoms with Crippen LogP contribution in [0, 0.1) is 6.92 Å². The van der Waals surface area contributed by atoms with Crippen molar-refractivity contribution in [2.75, 3.05) is 0 Å². The number of aromatic nitrogens is 3. The first-order chi connectivity index (χ1) is 7.66. The van der Waals surface area contributed by atoms with Crippen LogP contribution in [-0.4, -0.2) is 15.0 Å². The lowest BCUT2D eigenvalue weighted by Crippen LogP contribution is -2.00. The van der Waals surface area contributed by atoms with Crippen LogP contribution in [0.3, 0.4) is 0 Å². The van der Waals surface area contributed by atoms with Crippen LogP contribution in [0.4, 0.5) is 0 Å². The maximum absolute atomic E-state index is 5.93. The third kappa shape index (κ3) is 2.49. The Morgan fingerprint density at radius 2 is 1.81 bits per heavy atom. The molecule has 0 N–H and O–H groups in total. The SMILES string of the molecule is Cc1c(Cl)nc(Cc2ccccn2)nc1Cl. The molecule has 0 radical (unpaired) electrons. The molecule has 0 atom stereocenters.